The Balaban J connectivity index is 2.91. The van der Waals surface area contributed by atoms with E-state index >= 15 is 0 Å². The number of hydrogen-bond donors (Lipinski definition) is 2. The fourth-order valence-corrected chi connectivity index (χ4v) is 1.07. The van der Waals surface area contributed by atoms with Crippen LogP contribution in [-0.4, -0.2) is 20.5 Å². The molecule has 0 saturated carbocycles. The molecule has 2 rings (SSSR count). The van der Waals surface area contributed by atoms with Gasteiger partial charge in [0.1, 0.15) is 11.3 Å². The minimum absolute atomic E-state index is 0.175. The molecule has 11 heavy (non-hydrogen) atoms. The van der Waals surface area contributed by atoms with Gasteiger partial charge in [0, 0.05) is 0 Å². The summed E-state index contributed by atoms with van der Waals surface area (Å²) in [6, 6.07) is 3.52. The first-order chi connectivity index (χ1) is 5.27. The second-order valence-corrected chi connectivity index (χ2v) is 2.48. The molecule has 0 radical (unpaired) electrons. The number of nitrogens with one attached hydrogen (secondary N) is 1. The molecule has 56 valence electrons. The molecule has 0 aliphatic carbocycles. The van der Waals surface area contributed by atoms with E-state index in [-0.39, 0.29) is 5.75 Å². The Bertz CT molecular complexity index is 393. The zero-order valence-electron chi connectivity index (χ0n) is 6.00. The predicted molar refractivity (Wildman–Crippen MR) is 40.3 cm³/mol. The van der Waals surface area contributed by atoms with Crippen LogP contribution in [0.5, 0.6) is 5.75 Å². The second-order valence-electron chi connectivity index (χ2n) is 2.48. The van der Waals surface area contributed by atoms with Gasteiger partial charge in [-0.1, -0.05) is 0 Å². The van der Waals surface area contributed by atoms with E-state index in [0.29, 0.717) is 11.0 Å². The van der Waals surface area contributed by atoms with E-state index in [1.54, 1.807) is 6.07 Å². The number of aromatic hydroxyl groups is 1. The SMILES string of the molecule is Cc1cc(O)c2n[nH]nc2c1. The Morgan fingerprint density at radius 1 is 1.36 bits per heavy atom. The number of fused-ring (bicyclic) bond motifs is 1. The summed E-state index contributed by atoms with van der Waals surface area (Å²) in [5.74, 6) is 0.175. The van der Waals surface area contributed by atoms with E-state index in [1.807, 2.05) is 13.0 Å². The van der Waals surface area contributed by atoms with Gasteiger partial charge in [0.15, 0.2) is 5.52 Å². The summed E-state index contributed by atoms with van der Waals surface area (Å²) in [6.07, 6.45) is 0. The quantitative estimate of drug-likeness (QED) is 0.586. The topological polar surface area (TPSA) is 61.8 Å². The maximum absolute atomic E-state index is 9.32. The lowest BCUT2D eigenvalue weighted by Crippen LogP contribution is -1.74. The maximum Gasteiger partial charge on any atom is 0.154 e. The van der Waals surface area contributed by atoms with Gasteiger partial charge in [0.2, 0.25) is 0 Å². The van der Waals surface area contributed by atoms with Crippen molar-refractivity contribution in [1.29, 1.82) is 0 Å². The summed E-state index contributed by atoms with van der Waals surface area (Å²) in [6.45, 7) is 1.90. The summed E-state index contributed by atoms with van der Waals surface area (Å²) in [5.41, 5.74) is 2.20. The first-order valence-corrected chi connectivity index (χ1v) is 3.27. The van der Waals surface area contributed by atoms with Crippen LogP contribution in [0.1, 0.15) is 5.56 Å². The number of benzene rings is 1. The third kappa shape index (κ3) is 0.832. The lowest BCUT2D eigenvalue weighted by molar-refractivity contribution is 0.480. The van der Waals surface area contributed by atoms with Gasteiger partial charge in [-0.2, -0.15) is 15.4 Å². The average Bonchev–Trinajstić information content (AvgIpc) is 2.34. The Labute approximate surface area is 62.9 Å². The molecule has 0 fully saturated rings. The summed E-state index contributed by atoms with van der Waals surface area (Å²) >= 11 is 0. The summed E-state index contributed by atoms with van der Waals surface area (Å²) in [5, 5.41) is 19.4. The molecule has 2 aromatic rings. The molecule has 2 N–H and O–H groups in total. The van der Waals surface area contributed by atoms with Gasteiger partial charge < -0.3 is 5.11 Å². The third-order valence-corrected chi connectivity index (χ3v) is 1.55. The van der Waals surface area contributed by atoms with Crippen molar-refractivity contribution in [2.45, 2.75) is 6.92 Å². The number of nitrogens with zero attached hydrogens (tertiary/aromatic N) is 2. The lowest BCUT2D eigenvalue weighted by atomic mass is 10.2. The van der Waals surface area contributed by atoms with E-state index in [0.717, 1.165) is 5.56 Å². The van der Waals surface area contributed by atoms with Crippen molar-refractivity contribution in [3.63, 3.8) is 0 Å². The Morgan fingerprint density at radius 3 is 3.00 bits per heavy atom. The van der Waals surface area contributed by atoms with Gasteiger partial charge in [0.05, 0.1) is 0 Å². The number of hydrogen-bond acceptors (Lipinski definition) is 3. The van der Waals surface area contributed by atoms with Crippen LogP contribution in [0.4, 0.5) is 0 Å². The highest BCUT2D eigenvalue weighted by Gasteiger charge is 2.03. The highest BCUT2D eigenvalue weighted by molar-refractivity contribution is 5.80. The average molecular weight is 149 g/mol. The van der Waals surface area contributed by atoms with Crippen molar-refractivity contribution in [2.24, 2.45) is 0 Å². The van der Waals surface area contributed by atoms with Crippen LogP contribution in [0.15, 0.2) is 12.1 Å². The number of aromatic nitrogens is 3. The largest absolute Gasteiger partial charge is 0.506 e. The molecule has 1 heterocycles. The van der Waals surface area contributed by atoms with Crippen LogP contribution in [0.2, 0.25) is 0 Å². The summed E-state index contributed by atoms with van der Waals surface area (Å²) < 4.78 is 0. The van der Waals surface area contributed by atoms with Crippen molar-refractivity contribution in [2.75, 3.05) is 0 Å². The van der Waals surface area contributed by atoms with E-state index < -0.39 is 0 Å². The zero-order chi connectivity index (χ0) is 7.84. The molecule has 4 nitrogen and oxygen atoms in total. The molecule has 0 unspecified atom stereocenters. The van der Waals surface area contributed by atoms with Crippen molar-refractivity contribution in [1.82, 2.24) is 15.4 Å². The second kappa shape index (κ2) is 1.95. The van der Waals surface area contributed by atoms with Gasteiger partial charge in [-0.15, -0.1) is 0 Å². The van der Waals surface area contributed by atoms with Crippen molar-refractivity contribution in [3.05, 3.63) is 17.7 Å². The van der Waals surface area contributed by atoms with Crippen molar-refractivity contribution < 1.29 is 5.11 Å². The minimum Gasteiger partial charge on any atom is -0.506 e. The number of phenolic OH excluding ortho intramolecular Hbond substituents is 1. The molecule has 1 aromatic carbocycles. The summed E-state index contributed by atoms with van der Waals surface area (Å²) in [7, 11) is 0. The molecule has 0 spiro atoms. The highest BCUT2D eigenvalue weighted by Crippen LogP contribution is 2.21. The smallest absolute Gasteiger partial charge is 0.154 e. The number of aromatic amines is 1. The maximum atomic E-state index is 9.32. The molecule has 0 bridgehead atoms. The fraction of sp³-hybridized carbons (Fsp3) is 0.143. The van der Waals surface area contributed by atoms with E-state index in [9.17, 15) is 5.11 Å². The van der Waals surface area contributed by atoms with Crippen molar-refractivity contribution in [3.8, 4) is 5.75 Å². The van der Waals surface area contributed by atoms with Crippen LogP contribution >= 0.6 is 0 Å². The monoisotopic (exact) mass is 149 g/mol. The van der Waals surface area contributed by atoms with Crippen LogP contribution < -0.4 is 0 Å². The Morgan fingerprint density at radius 2 is 2.18 bits per heavy atom. The molecule has 0 amide bonds. The van der Waals surface area contributed by atoms with Gasteiger partial charge in [-0.25, -0.2) is 0 Å². The number of aryl methyl sites for hydroxylation is 1. The van der Waals surface area contributed by atoms with Gasteiger partial charge in [-0.3, -0.25) is 0 Å². The molecule has 0 atom stereocenters. The normalized spacial score (nSPS) is 10.6. The number of rotatable bonds is 0. The van der Waals surface area contributed by atoms with Gasteiger partial charge in [0.25, 0.3) is 0 Å². The fourth-order valence-electron chi connectivity index (χ4n) is 1.07. The number of H-pyrrole nitrogens is 1. The van der Waals surface area contributed by atoms with Crippen LogP contribution in [0, 0.1) is 6.92 Å². The molecule has 1 aromatic heterocycles. The molecule has 0 aliphatic rings. The van der Waals surface area contributed by atoms with Crippen molar-refractivity contribution >= 4 is 11.0 Å². The predicted octanol–water partition coefficient (Wildman–Crippen LogP) is 0.972. The molecule has 0 saturated heterocycles. The van der Waals surface area contributed by atoms with Gasteiger partial charge >= 0.3 is 0 Å². The van der Waals surface area contributed by atoms with Gasteiger partial charge in [-0.05, 0) is 24.6 Å². The van der Waals surface area contributed by atoms with E-state index in [2.05, 4.69) is 15.4 Å². The first kappa shape index (κ1) is 6.15. The minimum atomic E-state index is 0.175. The Kier molecular flexibility index (Phi) is 1.09. The summed E-state index contributed by atoms with van der Waals surface area (Å²) in [4.78, 5) is 0. The zero-order valence-corrected chi connectivity index (χ0v) is 6.00. The van der Waals surface area contributed by atoms with Crippen LogP contribution in [-0.2, 0) is 0 Å². The lowest BCUT2D eigenvalue weighted by Gasteiger charge is -1.93. The third-order valence-electron chi connectivity index (χ3n) is 1.55. The van der Waals surface area contributed by atoms with Crippen LogP contribution in [0.25, 0.3) is 11.0 Å². The Hall–Kier alpha value is -1.58. The van der Waals surface area contributed by atoms with E-state index in [4.69, 9.17) is 0 Å². The first-order valence-electron chi connectivity index (χ1n) is 3.27. The molecule has 4 heteroatoms. The molecular formula is C7H7N3O. The van der Waals surface area contributed by atoms with E-state index in [1.165, 1.54) is 0 Å². The standard InChI is InChI=1S/C7H7N3O/c1-4-2-5-7(6(11)3-4)9-10-8-5/h2-3,11H,1H3,(H,8,9,10). The molecule has 0 aliphatic heterocycles. The van der Waals surface area contributed by atoms with Crippen LogP contribution in [0.3, 0.4) is 0 Å². The molecular weight excluding hydrogens is 142 g/mol. The highest BCUT2D eigenvalue weighted by atomic mass is 16.3. The number of phenols is 1.